The van der Waals surface area contributed by atoms with E-state index < -0.39 is 5.82 Å². The zero-order chi connectivity index (χ0) is 15.5. The van der Waals surface area contributed by atoms with E-state index >= 15 is 0 Å². The Hall–Kier alpha value is -1.46. The lowest BCUT2D eigenvalue weighted by Gasteiger charge is -2.22. The van der Waals surface area contributed by atoms with Gasteiger partial charge in [0.15, 0.2) is 0 Å². The van der Waals surface area contributed by atoms with Gasteiger partial charge >= 0.3 is 0 Å². The van der Waals surface area contributed by atoms with Crippen LogP contribution in [-0.4, -0.2) is 60.1 Å². The molecule has 0 saturated carbocycles. The largest absolute Gasteiger partial charge is 0.396 e. The average Bonchev–Trinajstić information content (AvgIpc) is 3.16. The summed E-state index contributed by atoms with van der Waals surface area (Å²) in [7, 11) is 0. The Morgan fingerprint density at radius 1 is 1.23 bits per heavy atom. The molecule has 3 rings (SSSR count). The highest BCUT2D eigenvalue weighted by Crippen LogP contribution is 2.26. The van der Waals surface area contributed by atoms with Gasteiger partial charge in [-0.15, -0.1) is 0 Å². The van der Waals surface area contributed by atoms with E-state index in [1.807, 2.05) is 0 Å². The van der Waals surface area contributed by atoms with E-state index in [0.717, 1.165) is 19.6 Å². The lowest BCUT2D eigenvalue weighted by atomic mass is 9.96. The second kappa shape index (κ2) is 6.75. The number of hydrogen-bond donors (Lipinski definition) is 1. The number of rotatable bonds is 4. The van der Waals surface area contributed by atoms with Crippen LogP contribution in [0.1, 0.15) is 23.2 Å². The maximum absolute atomic E-state index is 13.3. The number of hydrogen-bond acceptors (Lipinski definition) is 3. The number of amides is 1. The average molecular weight is 306 g/mol. The maximum atomic E-state index is 13.3. The Labute approximate surface area is 130 Å². The standard InChI is InChI=1S/C17H23FN2O2/c18-16-5-3-4-13(8-16)17(22)20-10-14(15(11-20)12-21)9-19-6-1-2-7-19/h3-5,8,14-15,21H,1-2,6-7,9-12H2/t14-,15-/m0/s1. The molecule has 0 radical (unpaired) electrons. The summed E-state index contributed by atoms with van der Waals surface area (Å²) in [5.41, 5.74) is 0.388. The quantitative estimate of drug-likeness (QED) is 0.919. The first kappa shape index (κ1) is 15.4. The third kappa shape index (κ3) is 3.31. The monoisotopic (exact) mass is 306 g/mol. The zero-order valence-electron chi connectivity index (χ0n) is 12.7. The Kier molecular flexibility index (Phi) is 4.74. The summed E-state index contributed by atoms with van der Waals surface area (Å²) in [5.74, 6) is -0.0991. The molecular formula is C17H23FN2O2. The van der Waals surface area contributed by atoms with Crippen molar-refractivity contribution < 1.29 is 14.3 Å². The van der Waals surface area contributed by atoms with E-state index in [9.17, 15) is 14.3 Å². The molecule has 22 heavy (non-hydrogen) atoms. The van der Waals surface area contributed by atoms with Gasteiger partial charge in [-0.2, -0.15) is 0 Å². The van der Waals surface area contributed by atoms with Gasteiger partial charge in [0.05, 0.1) is 0 Å². The number of halogens is 1. The molecule has 1 aromatic rings. The first-order valence-electron chi connectivity index (χ1n) is 8.05. The Morgan fingerprint density at radius 3 is 2.64 bits per heavy atom. The molecule has 0 aliphatic carbocycles. The first-order chi connectivity index (χ1) is 10.7. The van der Waals surface area contributed by atoms with Crippen molar-refractivity contribution in [2.24, 2.45) is 11.8 Å². The molecule has 2 aliphatic heterocycles. The van der Waals surface area contributed by atoms with Gasteiger partial charge in [0, 0.05) is 37.7 Å². The molecule has 120 valence electrons. The van der Waals surface area contributed by atoms with Gasteiger partial charge in [-0.05, 0) is 50.0 Å². The molecule has 4 nitrogen and oxygen atoms in total. The van der Waals surface area contributed by atoms with E-state index in [1.165, 1.54) is 25.0 Å². The van der Waals surface area contributed by atoms with Gasteiger partial charge in [-0.3, -0.25) is 4.79 Å². The van der Waals surface area contributed by atoms with Crippen LogP contribution in [0.3, 0.4) is 0 Å². The number of carbonyl (C=O) groups is 1. The summed E-state index contributed by atoms with van der Waals surface area (Å²) in [4.78, 5) is 16.7. The van der Waals surface area contributed by atoms with Crippen LogP contribution in [0, 0.1) is 17.7 Å². The Balaban J connectivity index is 1.66. The molecule has 0 unspecified atom stereocenters. The van der Waals surface area contributed by atoms with Crippen molar-refractivity contribution in [2.75, 3.05) is 39.3 Å². The molecule has 0 bridgehead atoms. The lowest BCUT2D eigenvalue weighted by Crippen LogP contribution is -2.32. The van der Waals surface area contributed by atoms with Crippen LogP contribution in [0.4, 0.5) is 4.39 Å². The zero-order valence-corrected chi connectivity index (χ0v) is 12.7. The Morgan fingerprint density at radius 2 is 1.95 bits per heavy atom. The number of aliphatic hydroxyl groups excluding tert-OH is 1. The molecule has 1 N–H and O–H groups in total. The molecular weight excluding hydrogens is 283 g/mol. The van der Waals surface area contributed by atoms with Gasteiger partial charge in [-0.25, -0.2) is 4.39 Å². The summed E-state index contributed by atoms with van der Waals surface area (Å²) in [6.45, 7) is 4.49. The van der Waals surface area contributed by atoms with Crippen molar-refractivity contribution in [3.05, 3.63) is 35.6 Å². The SMILES string of the molecule is O=C(c1cccc(F)c1)N1C[C@@H](CO)[C@@H](CN2CCCC2)C1. The van der Waals surface area contributed by atoms with Crippen molar-refractivity contribution in [1.82, 2.24) is 9.80 Å². The summed E-state index contributed by atoms with van der Waals surface area (Å²) in [6.07, 6.45) is 2.48. The molecule has 2 fully saturated rings. The predicted molar refractivity (Wildman–Crippen MR) is 82.0 cm³/mol. The maximum Gasteiger partial charge on any atom is 0.253 e. The van der Waals surface area contributed by atoms with Gasteiger partial charge in [0.2, 0.25) is 0 Å². The number of likely N-dealkylation sites (tertiary alicyclic amines) is 2. The van der Waals surface area contributed by atoms with Crippen LogP contribution in [0.15, 0.2) is 24.3 Å². The fourth-order valence-corrected chi connectivity index (χ4v) is 3.62. The normalized spacial score (nSPS) is 25.8. The summed E-state index contributed by atoms with van der Waals surface area (Å²) in [6, 6.07) is 5.83. The first-order valence-corrected chi connectivity index (χ1v) is 8.05. The minimum absolute atomic E-state index is 0.103. The van der Waals surface area contributed by atoms with Crippen molar-refractivity contribution in [3.8, 4) is 0 Å². The highest BCUT2D eigenvalue weighted by Gasteiger charge is 2.36. The third-order valence-corrected chi connectivity index (χ3v) is 4.86. The van der Waals surface area contributed by atoms with Crippen molar-refractivity contribution >= 4 is 5.91 Å². The number of benzene rings is 1. The molecule has 2 atom stereocenters. The molecule has 1 amide bonds. The lowest BCUT2D eigenvalue weighted by molar-refractivity contribution is 0.0779. The second-order valence-electron chi connectivity index (χ2n) is 6.43. The summed E-state index contributed by atoms with van der Waals surface area (Å²) < 4.78 is 13.3. The molecule has 1 aromatic carbocycles. The molecule has 0 aromatic heterocycles. The van der Waals surface area contributed by atoms with Crippen molar-refractivity contribution in [2.45, 2.75) is 12.8 Å². The number of carbonyl (C=O) groups excluding carboxylic acids is 1. The number of aliphatic hydroxyl groups is 1. The second-order valence-corrected chi connectivity index (χ2v) is 6.43. The van der Waals surface area contributed by atoms with Crippen LogP contribution in [0.5, 0.6) is 0 Å². The number of nitrogens with zero attached hydrogens (tertiary/aromatic N) is 2. The van der Waals surface area contributed by atoms with Crippen molar-refractivity contribution in [3.63, 3.8) is 0 Å². The fraction of sp³-hybridized carbons (Fsp3) is 0.588. The van der Waals surface area contributed by atoms with E-state index in [4.69, 9.17) is 0 Å². The van der Waals surface area contributed by atoms with E-state index in [0.29, 0.717) is 24.6 Å². The topological polar surface area (TPSA) is 43.8 Å². The van der Waals surface area contributed by atoms with E-state index in [2.05, 4.69) is 4.90 Å². The smallest absolute Gasteiger partial charge is 0.253 e. The van der Waals surface area contributed by atoms with Gasteiger partial charge in [0.1, 0.15) is 5.82 Å². The summed E-state index contributed by atoms with van der Waals surface area (Å²) in [5, 5.41) is 9.61. The minimum atomic E-state index is -0.391. The van der Waals surface area contributed by atoms with Gasteiger partial charge in [0.25, 0.3) is 5.91 Å². The Bertz CT molecular complexity index is 531. The third-order valence-electron chi connectivity index (χ3n) is 4.86. The molecule has 5 heteroatoms. The van der Waals surface area contributed by atoms with Crippen LogP contribution in [-0.2, 0) is 0 Å². The molecule has 2 aliphatic rings. The predicted octanol–water partition coefficient (Wildman–Crippen LogP) is 1.60. The molecule has 2 heterocycles. The van der Waals surface area contributed by atoms with Crippen molar-refractivity contribution in [1.29, 1.82) is 0 Å². The highest BCUT2D eigenvalue weighted by molar-refractivity contribution is 5.94. The summed E-state index contributed by atoms with van der Waals surface area (Å²) >= 11 is 0. The van der Waals surface area contributed by atoms with Crippen LogP contribution >= 0.6 is 0 Å². The minimum Gasteiger partial charge on any atom is -0.396 e. The molecule has 2 saturated heterocycles. The molecule has 0 spiro atoms. The van der Waals surface area contributed by atoms with E-state index in [-0.39, 0.29) is 18.4 Å². The van der Waals surface area contributed by atoms with Gasteiger partial charge < -0.3 is 14.9 Å². The van der Waals surface area contributed by atoms with Crippen LogP contribution in [0.2, 0.25) is 0 Å². The van der Waals surface area contributed by atoms with Gasteiger partial charge in [-0.1, -0.05) is 6.07 Å². The highest BCUT2D eigenvalue weighted by atomic mass is 19.1. The van der Waals surface area contributed by atoms with E-state index in [1.54, 1.807) is 17.0 Å². The fourth-order valence-electron chi connectivity index (χ4n) is 3.62. The van der Waals surface area contributed by atoms with Crippen LogP contribution in [0.25, 0.3) is 0 Å². The van der Waals surface area contributed by atoms with Crippen LogP contribution < -0.4 is 0 Å².